The van der Waals surface area contributed by atoms with Crippen molar-refractivity contribution in [1.29, 1.82) is 0 Å². The number of hydrogen-bond acceptors (Lipinski definition) is 8. The summed E-state index contributed by atoms with van der Waals surface area (Å²) >= 11 is 0.614. The van der Waals surface area contributed by atoms with Crippen molar-refractivity contribution in [1.82, 2.24) is 4.90 Å². The third kappa shape index (κ3) is 5.14. The molecule has 172 valence electrons. The number of imide groups is 1. The van der Waals surface area contributed by atoms with E-state index in [2.05, 4.69) is 5.32 Å². The molecule has 0 radical (unpaired) electrons. The fourth-order valence-electron chi connectivity index (χ4n) is 3.11. The maximum absolute atomic E-state index is 12.7. The number of phenolic OH excluding ortho intramolecular Hbond substituents is 1. The number of aryl methyl sites for hydroxylation is 1. The summed E-state index contributed by atoms with van der Waals surface area (Å²) in [5, 5.41) is 23.3. The minimum Gasteiger partial charge on any atom is -0.500 e. The van der Waals surface area contributed by atoms with Crippen molar-refractivity contribution < 1.29 is 29.2 Å². The number of nitrogens with one attached hydrogen (secondary N) is 1. The highest BCUT2D eigenvalue weighted by atomic mass is 32.2. The predicted molar refractivity (Wildman–Crippen MR) is 123 cm³/mol. The zero-order valence-electron chi connectivity index (χ0n) is 18.1. The van der Waals surface area contributed by atoms with Crippen molar-refractivity contribution in [2.45, 2.75) is 20.8 Å². The Balaban J connectivity index is 1.81. The molecule has 1 aliphatic rings. The van der Waals surface area contributed by atoms with Gasteiger partial charge in [-0.25, -0.2) is 0 Å². The van der Waals surface area contributed by atoms with Gasteiger partial charge in [0.05, 0.1) is 16.4 Å². The van der Waals surface area contributed by atoms with Gasteiger partial charge in [-0.3, -0.25) is 29.4 Å². The van der Waals surface area contributed by atoms with Gasteiger partial charge in [0, 0.05) is 11.8 Å². The van der Waals surface area contributed by atoms with Crippen LogP contribution in [0.4, 0.5) is 16.2 Å². The van der Waals surface area contributed by atoms with E-state index in [9.17, 15) is 29.6 Å². The standard InChI is InChI=1S/C22H21N3O7S/c1-4-32-17-9-14(8-16(20(17)27)25(30)31)10-18-21(28)24(22(29)33-18)11-19(26)23-15-7-5-6-12(2)13(15)3/h5-10,27H,4,11H2,1-3H3,(H,23,26)/b18-10-. The van der Waals surface area contributed by atoms with Gasteiger partial charge in [0.2, 0.25) is 11.7 Å². The van der Waals surface area contributed by atoms with Crippen molar-refractivity contribution in [3.8, 4) is 11.5 Å². The van der Waals surface area contributed by atoms with Crippen LogP contribution >= 0.6 is 11.8 Å². The third-order valence-electron chi connectivity index (χ3n) is 4.93. The molecule has 0 unspecified atom stereocenters. The molecule has 1 saturated heterocycles. The summed E-state index contributed by atoms with van der Waals surface area (Å²) < 4.78 is 5.22. The van der Waals surface area contributed by atoms with Crippen LogP contribution < -0.4 is 10.1 Å². The van der Waals surface area contributed by atoms with E-state index >= 15 is 0 Å². The molecule has 2 aromatic rings. The normalized spacial score (nSPS) is 14.6. The summed E-state index contributed by atoms with van der Waals surface area (Å²) in [5.41, 5.74) is 2.03. The van der Waals surface area contributed by atoms with Crippen LogP contribution in [0.2, 0.25) is 0 Å². The van der Waals surface area contributed by atoms with Gasteiger partial charge in [-0.2, -0.15) is 0 Å². The number of nitro benzene ring substituents is 1. The average Bonchev–Trinajstić information content (AvgIpc) is 3.00. The molecule has 33 heavy (non-hydrogen) atoms. The summed E-state index contributed by atoms with van der Waals surface area (Å²) in [5.74, 6) is -1.98. The highest BCUT2D eigenvalue weighted by molar-refractivity contribution is 8.18. The molecule has 1 heterocycles. The number of anilines is 1. The van der Waals surface area contributed by atoms with E-state index in [1.807, 2.05) is 19.9 Å². The zero-order valence-corrected chi connectivity index (χ0v) is 18.9. The van der Waals surface area contributed by atoms with E-state index in [1.165, 1.54) is 12.1 Å². The monoisotopic (exact) mass is 471 g/mol. The fraction of sp³-hybridized carbons (Fsp3) is 0.227. The number of benzene rings is 2. The van der Waals surface area contributed by atoms with E-state index in [1.54, 1.807) is 19.1 Å². The highest BCUT2D eigenvalue weighted by Gasteiger charge is 2.36. The third-order valence-corrected chi connectivity index (χ3v) is 5.83. The quantitative estimate of drug-likeness (QED) is 0.351. The Morgan fingerprint density at radius 1 is 1.30 bits per heavy atom. The molecular formula is C22H21N3O7S. The van der Waals surface area contributed by atoms with Gasteiger partial charge in [-0.05, 0) is 67.4 Å². The number of phenols is 1. The van der Waals surface area contributed by atoms with Crippen LogP contribution in [0.1, 0.15) is 23.6 Å². The van der Waals surface area contributed by atoms with E-state index < -0.39 is 40.0 Å². The number of nitrogens with zero attached hydrogens (tertiary/aromatic N) is 2. The predicted octanol–water partition coefficient (Wildman–Crippen LogP) is 3.99. The number of ether oxygens (including phenoxy) is 1. The molecule has 1 fully saturated rings. The second-order valence-corrected chi connectivity index (χ2v) is 8.13. The van der Waals surface area contributed by atoms with Crippen molar-refractivity contribution in [3.05, 3.63) is 62.0 Å². The Morgan fingerprint density at radius 2 is 2.03 bits per heavy atom. The lowest BCUT2D eigenvalue weighted by atomic mass is 10.1. The summed E-state index contributed by atoms with van der Waals surface area (Å²) in [6.07, 6.45) is 1.28. The van der Waals surface area contributed by atoms with E-state index in [0.29, 0.717) is 17.4 Å². The number of rotatable bonds is 7. The number of amides is 3. The van der Waals surface area contributed by atoms with Crippen LogP contribution in [0.3, 0.4) is 0 Å². The lowest BCUT2D eigenvalue weighted by Gasteiger charge is -2.14. The molecule has 0 saturated carbocycles. The maximum atomic E-state index is 12.7. The first-order valence-electron chi connectivity index (χ1n) is 9.88. The van der Waals surface area contributed by atoms with Gasteiger partial charge >= 0.3 is 5.69 Å². The lowest BCUT2D eigenvalue weighted by molar-refractivity contribution is -0.386. The minimum atomic E-state index is -0.779. The van der Waals surface area contributed by atoms with Crippen LogP contribution in [-0.4, -0.2) is 45.1 Å². The van der Waals surface area contributed by atoms with Crippen LogP contribution in [0, 0.1) is 24.0 Å². The number of carbonyl (C=O) groups is 3. The Morgan fingerprint density at radius 3 is 2.70 bits per heavy atom. The van der Waals surface area contributed by atoms with Gasteiger partial charge in [0.1, 0.15) is 6.54 Å². The molecule has 1 aliphatic heterocycles. The largest absolute Gasteiger partial charge is 0.500 e. The van der Waals surface area contributed by atoms with Gasteiger partial charge in [-0.15, -0.1) is 0 Å². The highest BCUT2D eigenvalue weighted by Crippen LogP contribution is 2.39. The van der Waals surface area contributed by atoms with E-state index in [0.717, 1.165) is 22.1 Å². The van der Waals surface area contributed by atoms with Crippen molar-refractivity contribution in [3.63, 3.8) is 0 Å². The van der Waals surface area contributed by atoms with Crippen LogP contribution in [-0.2, 0) is 9.59 Å². The lowest BCUT2D eigenvalue weighted by Crippen LogP contribution is -2.36. The van der Waals surface area contributed by atoms with Gasteiger partial charge in [0.15, 0.2) is 5.75 Å². The first-order valence-corrected chi connectivity index (χ1v) is 10.7. The van der Waals surface area contributed by atoms with Crippen LogP contribution in [0.5, 0.6) is 11.5 Å². The zero-order chi connectivity index (χ0) is 24.3. The summed E-state index contributed by atoms with van der Waals surface area (Å²) in [6, 6.07) is 7.80. The Bertz CT molecular complexity index is 1190. The first-order chi connectivity index (χ1) is 15.6. The van der Waals surface area contributed by atoms with Gasteiger partial charge in [0.25, 0.3) is 11.1 Å². The average molecular weight is 471 g/mol. The van der Waals surface area contributed by atoms with E-state index in [4.69, 9.17) is 4.74 Å². The molecule has 11 heteroatoms. The molecule has 0 atom stereocenters. The molecule has 0 bridgehead atoms. The number of aromatic hydroxyl groups is 1. The molecule has 0 spiro atoms. The Hall–Kier alpha value is -3.86. The Labute approximate surface area is 193 Å². The van der Waals surface area contributed by atoms with Crippen LogP contribution in [0.25, 0.3) is 6.08 Å². The number of thioether (sulfide) groups is 1. The number of hydrogen-bond donors (Lipinski definition) is 2. The minimum absolute atomic E-state index is 0.0121. The molecule has 10 nitrogen and oxygen atoms in total. The number of carbonyl (C=O) groups excluding carboxylic acids is 3. The number of nitro groups is 1. The van der Waals surface area contributed by atoms with Gasteiger partial charge < -0.3 is 15.2 Å². The van der Waals surface area contributed by atoms with Crippen molar-refractivity contribution >= 4 is 46.3 Å². The molecule has 3 rings (SSSR count). The van der Waals surface area contributed by atoms with Crippen LogP contribution in [0.15, 0.2) is 35.2 Å². The second kappa shape index (κ2) is 9.74. The maximum Gasteiger partial charge on any atom is 0.315 e. The molecular weight excluding hydrogens is 450 g/mol. The second-order valence-electron chi connectivity index (χ2n) is 7.14. The molecule has 0 aromatic heterocycles. The first kappa shape index (κ1) is 23.8. The Kier molecular flexibility index (Phi) is 7.02. The van der Waals surface area contributed by atoms with Crippen molar-refractivity contribution in [2.24, 2.45) is 0 Å². The molecule has 2 N–H and O–H groups in total. The molecule has 3 amide bonds. The fourth-order valence-corrected chi connectivity index (χ4v) is 3.95. The summed E-state index contributed by atoms with van der Waals surface area (Å²) in [6.45, 7) is 5.07. The molecule has 0 aliphatic carbocycles. The van der Waals surface area contributed by atoms with Crippen molar-refractivity contribution in [2.75, 3.05) is 18.5 Å². The van der Waals surface area contributed by atoms with Gasteiger partial charge in [-0.1, -0.05) is 12.1 Å². The smallest absolute Gasteiger partial charge is 0.315 e. The molecule has 2 aromatic carbocycles. The topological polar surface area (TPSA) is 139 Å². The van der Waals surface area contributed by atoms with E-state index in [-0.39, 0.29) is 22.8 Å². The summed E-state index contributed by atoms with van der Waals surface area (Å²) in [7, 11) is 0. The SMILES string of the molecule is CCOc1cc(/C=C2\SC(=O)N(CC(=O)Nc3cccc(C)c3C)C2=O)cc([N+](=O)[O-])c1O. The summed E-state index contributed by atoms with van der Waals surface area (Å²) in [4.78, 5) is 48.8.